The van der Waals surface area contributed by atoms with Crippen molar-refractivity contribution in [3.63, 3.8) is 0 Å². The van der Waals surface area contributed by atoms with Gasteiger partial charge in [0, 0.05) is 14.7 Å². The summed E-state index contributed by atoms with van der Waals surface area (Å²) in [5.41, 5.74) is 2.56. The van der Waals surface area contributed by atoms with Crippen LogP contribution in [0.3, 0.4) is 0 Å². The number of rotatable bonds is 4. The molecule has 0 N–H and O–H groups in total. The quantitative estimate of drug-likeness (QED) is 0.499. The molecule has 0 bridgehead atoms. The fourth-order valence-corrected chi connectivity index (χ4v) is 2.63. The van der Waals surface area contributed by atoms with Crippen LogP contribution < -0.4 is 0 Å². The Morgan fingerprint density at radius 1 is 1.15 bits per heavy atom. The second kappa shape index (κ2) is 6.72. The van der Waals surface area contributed by atoms with Gasteiger partial charge in [-0.15, -0.1) is 0 Å². The van der Waals surface area contributed by atoms with Crippen LogP contribution in [0.4, 0.5) is 0 Å². The molecule has 2 aromatic rings. The molecule has 0 radical (unpaired) electrons. The fraction of sp³-hybridized carbons (Fsp3) is 0.235. The first-order valence-electron chi connectivity index (χ1n) is 6.56. The van der Waals surface area contributed by atoms with E-state index in [1.807, 2.05) is 30.3 Å². The summed E-state index contributed by atoms with van der Waals surface area (Å²) in [6, 6.07) is 13.3. The number of carbonyl (C=O) groups is 1. The first-order valence-corrected chi connectivity index (χ1v) is 8.01. The maximum Gasteiger partial charge on any atom is 0.193 e. The van der Waals surface area contributed by atoms with Gasteiger partial charge in [-0.05, 0) is 64.8 Å². The molecule has 0 amide bonds. The smallest absolute Gasteiger partial charge is 0.193 e. The van der Waals surface area contributed by atoms with Crippen LogP contribution in [-0.2, 0) is 6.42 Å². The van der Waals surface area contributed by atoms with Gasteiger partial charge >= 0.3 is 0 Å². The molecular formula is C17H16ClIO. The van der Waals surface area contributed by atoms with Crippen molar-refractivity contribution in [2.45, 2.75) is 20.3 Å². The van der Waals surface area contributed by atoms with Crippen molar-refractivity contribution in [3.8, 4) is 0 Å². The summed E-state index contributed by atoms with van der Waals surface area (Å²) in [5, 5.41) is 0.620. The zero-order valence-corrected chi connectivity index (χ0v) is 14.4. The molecule has 0 heterocycles. The highest BCUT2D eigenvalue weighted by atomic mass is 127. The predicted octanol–water partition coefficient (Wildman–Crippen LogP) is 5.37. The molecule has 0 aliphatic heterocycles. The summed E-state index contributed by atoms with van der Waals surface area (Å²) < 4.78 is 0.953. The highest BCUT2D eigenvalue weighted by molar-refractivity contribution is 14.1. The Hall–Kier alpha value is -0.870. The van der Waals surface area contributed by atoms with Crippen LogP contribution in [-0.4, -0.2) is 5.78 Å². The molecule has 2 aromatic carbocycles. The Balaban J connectivity index is 2.30. The molecular weight excluding hydrogens is 383 g/mol. The second-order valence-corrected chi connectivity index (χ2v) is 6.83. The molecule has 0 aromatic heterocycles. The van der Waals surface area contributed by atoms with E-state index in [4.69, 9.17) is 11.6 Å². The zero-order chi connectivity index (χ0) is 14.7. The van der Waals surface area contributed by atoms with Crippen molar-refractivity contribution >= 4 is 40.0 Å². The molecule has 0 unspecified atom stereocenters. The van der Waals surface area contributed by atoms with Gasteiger partial charge in [0.2, 0.25) is 0 Å². The van der Waals surface area contributed by atoms with E-state index in [9.17, 15) is 4.79 Å². The minimum atomic E-state index is 0.0221. The molecule has 0 saturated carbocycles. The van der Waals surface area contributed by atoms with E-state index in [2.05, 4.69) is 42.5 Å². The van der Waals surface area contributed by atoms with Crippen molar-refractivity contribution < 1.29 is 4.79 Å². The van der Waals surface area contributed by atoms with E-state index in [1.165, 1.54) is 5.56 Å². The van der Waals surface area contributed by atoms with E-state index in [0.29, 0.717) is 16.5 Å². The van der Waals surface area contributed by atoms with Crippen LogP contribution in [0.15, 0.2) is 42.5 Å². The van der Waals surface area contributed by atoms with Gasteiger partial charge in [-0.25, -0.2) is 0 Å². The highest BCUT2D eigenvalue weighted by Crippen LogP contribution is 2.22. The molecule has 0 spiro atoms. The maximum atomic E-state index is 12.5. The average Bonchev–Trinajstić information content (AvgIpc) is 2.40. The Morgan fingerprint density at radius 3 is 2.50 bits per heavy atom. The van der Waals surface area contributed by atoms with Crippen LogP contribution in [0, 0.1) is 9.49 Å². The van der Waals surface area contributed by atoms with E-state index in [0.717, 1.165) is 15.6 Å². The lowest BCUT2D eigenvalue weighted by molar-refractivity contribution is 0.103. The maximum absolute atomic E-state index is 12.5. The predicted molar refractivity (Wildman–Crippen MR) is 92.6 cm³/mol. The minimum absolute atomic E-state index is 0.0221. The number of halogens is 2. The lowest BCUT2D eigenvalue weighted by Gasteiger charge is -2.08. The summed E-state index contributed by atoms with van der Waals surface area (Å²) >= 11 is 8.24. The van der Waals surface area contributed by atoms with E-state index >= 15 is 0 Å². The molecule has 0 aliphatic carbocycles. The second-order valence-electron chi connectivity index (χ2n) is 5.26. The van der Waals surface area contributed by atoms with Crippen LogP contribution in [0.25, 0.3) is 0 Å². The lowest BCUT2D eigenvalue weighted by atomic mass is 9.97. The van der Waals surface area contributed by atoms with Gasteiger partial charge in [0.15, 0.2) is 5.78 Å². The van der Waals surface area contributed by atoms with Crippen LogP contribution in [0.1, 0.15) is 35.3 Å². The summed E-state index contributed by atoms with van der Waals surface area (Å²) in [5.74, 6) is 0.599. The molecule has 0 atom stereocenters. The first-order chi connectivity index (χ1) is 9.47. The van der Waals surface area contributed by atoms with Gasteiger partial charge in [0.05, 0.1) is 5.02 Å². The Kier molecular flexibility index (Phi) is 5.22. The van der Waals surface area contributed by atoms with Gasteiger partial charge in [-0.3, -0.25) is 4.79 Å². The number of carbonyl (C=O) groups excluding carboxylic acids is 1. The van der Waals surface area contributed by atoms with E-state index in [1.54, 1.807) is 6.07 Å². The summed E-state index contributed by atoms with van der Waals surface area (Å²) in [6.07, 6.45) is 0.981. The SMILES string of the molecule is CC(C)Cc1cccc(C(=O)c2ccc(I)c(Cl)c2)c1. The Morgan fingerprint density at radius 2 is 1.85 bits per heavy atom. The van der Waals surface area contributed by atoms with Gasteiger partial charge in [0.25, 0.3) is 0 Å². The number of ketones is 1. The van der Waals surface area contributed by atoms with Gasteiger partial charge in [-0.2, -0.15) is 0 Å². The molecule has 20 heavy (non-hydrogen) atoms. The standard InChI is InChI=1S/C17H16ClIO/c1-11(2)8-12-4-3-5-13(9-12)17(20)14-6-7-16(19)15(18)10-14/h3-7,9-11H,8H2,1-2H3. The molecule has 0 aliphatic rings. The first kappa shape index (κ1) is 15.5. The van der Waals surface area contributed by atoms with Gasteiger partial charge in [-0.1, -0.05) is 43.6 Å². The molecule has 3 heteroatoms. The van der Waals surface area contributed by atoms with E-state index in [-0.39, 0.29) is 5.78 Å². The van der Waals surface area contributed by atoms with Gasteiger partial charge in [0.1, 0.15) is 0 Å². The number of benzene rings is 2. The monoisotopic (exact) mass is 398 g/mol. The molecule has 104 valence electrons. The van der Waals surface area contributed by atoms with Crippen LogP contribution in [0.2, 0.25) is 5.02 Å². The van der Waals surface area contributed by atoms with Crippen molar-refractivity contribution in [2.75, 3.05) is 0 Å². The Labute approximate surface area is 138 Å². The number of hydrogen-bond donors (Lipinski definition) is 0. The molecule has 0 fully saturated rings. The fourth-order valence-electron chi connectivity index (χ4n) is 2.11. The van der Waals surface area contributed by atoms with Crippen molar-refractivity contribution in [2.24, 2.45) is 5.92 Å². The van der Waals surface area contributed by atoms with Crippen LogP contribution in [0.5, 0.6) is 0 Å². The molecule has 1 nitrogen and oxygen atoms in total. The third kappa shape index (κ3) is 3.83. The zero-order valence-electron chi connectivity index (χ0n) is 11.5. The average molecular weight is 399 g/mol. The lowest BCUT2D eigenvalue weighted by Crippen LogP contribution is -2.03. The van der Waals surface area contributed by atoms with Crippen molar-refractivity contribution in [1.29, 1.82) is 0 Å². The largest absolute Gasteiger partial charge is 0.289 e. The summed E-state index contributed by atoms with van der Waals surface area (Å²) in [4.78, 5) is 12.5. The highest BCUT2D eigenvalue weighted by Gasteiger charge is 2.11. The molecule has 0 saturated heterocycles. The van der Waals surface area contributed by atoms with Crippen LogP contribution >= 0.6 is 34.2 Å². The number of hydrogen-bond acceptors (Lipinski definition) is 1. The minimum Gasteiger partial charge on any atom is -0.289 e. The summed E-state index contributed by atoms with van der Waals surface area (Å²) in [6.45, 7) is 4.35. The summed E-state index contributed by atoms with van der Waals surface area (Å²) in [7, 11) is 0. The van der Waals surface area contributed by atoms with E-state index < -0.39 is 0 Å². The van der Waals surface area contributed by atoms with Gasteiger partial charge < -0.3 is 0 Å². The van der Waals surface area contributed by atoms with Crippen molar-refractivity contribution in [3.05, 3.63) is 67.7 Å². The topological polar surface area (TPSA) is 17.1 Å². The van der Waals surface area contributed by atoms with Crippen molar-refractivity contribution in [1.82, 2.24) is 0 Å². The Bertz CT molecular complexity index is 635. The third-order valence-electron chi connectivity index (χ3n) is 3.01. The normalized spacial score (nSPS) is 10.8. The third-order valence-corrected chi connectivity index (χ3v) is 4.59. The molecule has 2 rings (SSSR count).